The first-order valence-electron chi connectivity index (χ1n) is 14.9. The fraction of sp³-hybridized carbons (Fsp3) is 0.645. The second-order valence-corrected chi connectivity index (χ2v) is 11.2. The molecule has 4 atom stereocenters. The molecular weight excluding hydrogens is 512 g/mol. The minimum Gasteiger partial charge on any atom is -0.493 e. The Bertz CT molecular complexity index is 1080. The summed E-state index contributed by atoms with van der Waals surface area (Å²) in [5.74, 6) is -0.335. The maximum Gasteiger partial charge on any atom is 0.247 e. The summed E-state index contributed by atoms with van der Waals surface area (Å²) in [6.07, 6.45) is 10.9. The van der Waals surface area contributed by atoms with Crippen LogP contribution in [0.3, 0.4) is 0 Å². The van der Waals surface area contributed by atoms with E-state index < -0.39 is 30.1 Å². The molecule has 0 saturated heterocycles. The van der Waals surface area contributed by atoms with Crippen molar-refractivity contribution in [3.8, 4) is 11.5 Å². The highest BCUT2D eigenvalue weighted by Crippen LogP contribution is 2.51. The maximum absolute atomic E-state index is 13.8. The molecule has 1 aromatic carbocycles. The highest BCUT2D eigenvalue weighted by molar-refractivity contribution is 5.96. The van der Waals surface area contributed by atoms with Crippen LogP contribution in [0.2, 0.25) is 0 Å². The Hall–Kier alpha value is -2.91. The molecule has 2 amide bonds. The number of carbonyl (C=O) groups is 3. The average Bonchev–Trinajstić information content (AvgIpc) is 3.37. The van der Waals surface area contributed by atoms with Gasteiger partial charge in [0.05, 0.1) is 25.7 Å². The Morgan fingerprint density at radius 2 is 1.90 bits per heavy atom. The Balaban J connectivity index is 1.73. The Labute approximate surface area is 236 Å². The summed E-state index contributed by atoms with van der Waals surface area (Å²) in [4.78, 5) is 40.8. The number of hydrogen-bond acceptors (Lipinski definition) is 7. The highest BCUT2D eigenvalue weighted by Gasteiger charge is 2.52. The lowest BCUT2D eigenvalue weighted by molar-refractivity contribution is -0.141. The molecule has 9 nitrogen and oxygen atoms in total. The van der Waals surface area contributed by atoms with Gasteiger partial charge in [-0.25, -0.2) is 0 Å². The number of aliphatic hydroxyl groups is 2. The topological polar surface area (TPSA) is 125 Å². The van der Waals surface area contributed by atoms with Crippen molar-refractivity contribution in [3.63, 3.8) is 0 Å². The van der Waals surface area contributed by atoms with Crippen LogP contribution in [0.25, 0.3) is 0 Å². The van der Waals surface area contributed by atoms with Gasteiger partial charge in [-0.2, -0.15) is 0 Å². The molecule has 220 valence electrons. The molecule has 3 N–H and O–H groups in total. The van der Waals surface area contributed by atoms with E-state index in [1.165, 1.54) is 7.11 Å². The van der Waals surface area contributed by atoms with Gasteiger partial charge in [0, 0.05) is 35.7 Å². The van der Waals surface area contributed by atoms with E-state index in [2.05, 4.69) is 12.2 Å². The summed E-state index contributed by atoms with van der Waals surface area (Å²) in [7, 11) is 1.48. The van der Waals surface area contributed by atoms with Gasteiger partial charge in [0.15, 0.2) is 11.5 Å². The number of benzene rings is 1. The van der Waals surface area contributed by atoms with Gasteiger partial charge in [-0.15, -0.1) is 0 Å². The summed E-state index contributed by atoms with van der Waals surface area (Å²) in [5.41, 5.74) is 1.31. The Morgan fingerprint density at radius 3 is 2.58 bits per heavy atom. The number of rotatable bonds is 13. The van der Waals surface area contributed by atoms with Gasteiger partial charge in [0.1, 0.15) is 18.5 Å². The SMILES string of the molecule is CCCCCCCC(=O)N(C1CCCCC1)C1C=C(C(=O)NCCO)C2c3cc(C=O)cc(OC)c3OC2C1O. The van der Waals surface area contributed by atoms with Crippen LogP contribution in [-0.4, -0.2) is 77.8 Å². The third kappa shape index (κ3) is 6.36. The molecule has 0 radical (unpaired) electrons. The quantitative estimate of drug-likeness (QED) is 0.250. The van der Waals surface area contributed by atoms with E-state index in [0.717, 1.165) is 64.2 Å². The van der Waals surface area contributed by atoms with Crippen molar-refractivity contribution in [2.24, 2.45) is 0 Å². The molecule has 1 fully saturated rings. The molecule has 40 heavy (non-hydrogen) atoms. The van der Waals surface area contributed by atoms with Gasteiger partial charge >= 0.3 is 0 Å². The summed E-state index contributed by atoms with van der Waals surface area (Å²) >= 11 is 0. The van der Waals surface area contributed by atoms with Crippen LogP contribution < -0.4 is 14.8 Å². The number of nitrogens with zero attached hydrogens (tertiary/aromatic N) is 1. The minimum absolute atomic E-state index is 0.00593. The third-order valence-electron chi connectivity index (χ3n) is 8.48. The number of ether oxygens (including phenoxy) is 2. The lowest BCUT2D eigenvalue weighted by Gasteiger charge is -2.45. The van der Waals surface area contributed by atoms with Crippen molar-refractivity contribution in [3.05, 3.63) is 34.9 Å². The zero-order chi connectivity index (χ0) is 28.6. The zero-order valence-electron chi connectivity index (χ0n) is 23.8. The van der Waals surface area contributed by atoms with Crippen LogP contribution in [0.5, 0.6) is 11.5 Å². The molecule has 0 spiro atoms. The molecule has 0 bridgehead atoms. The van der Waals surface area contributed by atoms with Crippen molar-refractivity contribution < 1.29 is 34.1 Å². The van der Waals surface area contributed by atoms with E-state index in [0.29, 0.717) is 40.9 Å². The summed E-state index contributed by atoms with van der Waals surface area (Å²) in [6, 6.07) is 2.47. The molecule has 1 saturated carbocycles. The summed E-state index contributed by atoms with van der Waals surface area (Å²) in [5, 5.41) is 23.9. The van der Waals surface area contributed by atoms with Crippen molar-refractivity contribution >= 4 is 18.1 Å². The van der Waals surface area contributed by atoms with Crippen molar-refractivity contribution in [2.45, 2.75) is 108 Å². The van der Waals surface area contributed by atoms with Crippen LogP contribution in [0.15, 0.2) is 23.8 Å². The third-order valence-corrected chi connectivity index (χ3v) is 8.48. The van der Waals surface area contributed by atoms with E-state index in [9.17, 15) is 24.6 Å². The number of unbranched alkanes of at least 4 members (excludes halogenated alkanes) is 4. The molecule has 1 aliphatic heterocycles. The summed E-state index contributed by atoms with van der Waals surface area (Å²) < 4.78 is 11.8. The first kappa shape index (κ1) is 30.1. The molecule has 0 aromatic heterocycles. The Kier molecular flexibility index (Phi) is 10.6. The lowest BCUT2D eigenvalue weighted by Crippen LogP contribution is -2.58. The van der Waals surface area contributed by atoms with Crippen molar-refractivity contribution in [2.75, 3.05) is 20.3 Å². The van der Waals surface area contributed by atoms with Gasteiger partial charge in [0.2, 0.25) is 11.8 Å². The molecule has 3 aliphatic rings. The van der Waals surface area contributed by atoms with Crippen LogP contribution in [0, 0.1) is 0 Å². The van der Waals surface area contributed by atoms with E-state index in [4.69, 9.17) is 9.47 Å². The standard InChI is InChI=1S/C31H44N2O7/c1-3-4-5-6-10-13-26(36)33(21-11-8-7-9-12-21)24-18-23(31(38)32-14-15-34)27-22-16-20(19-35)17-25(39-2)29(22)40-30(27)28(24)37/h16-19,21,24,27-28,30,34,37H,3-15H2,1-2H3,(H,32,38). The average molecular weight is 557 g/mol. The van der Waals surface area contributed by atoms with Crippen molar-refractivity contribution in [1.29, 1.82) is 0 Å². The van der Waals surface area contributed by atoms with Crippen LogP contribution in [0.1, 0.15) is 99.4 Å². The Morgan fingerprint density at radius 1 is 1.15 bits per heavy atom. The first-order chi connectivity index (χ1) is 19.4. The second-order valence-electron chi connectivity index (χ2n) is 11.2. The minimum atomic E-state index is -1.10. The number of aldehydes is 1. The lowest BCUT2D eigenvalue weighted by atomic mass is 9.76. The number of nitrogens with one attached hydrogen (secondary N) is 1. The van der Waals surface area contributed by atoms with Gasteiger partial charge < -0.3 is 29.9 Å². The number of carbonyl (C=O) groups excluding carboxylic acids is 3. The van der Waals surface area contributed by atoms with E-state index >= 15 is 0 Å². The van der Waals surface area contributed by atoms with Crippen LogP contribution in [-0.2, 0) is 9.59 Å². The van der Waals surface area contributed by atoms with E-state index in [-0.39, 0.29) is 25.1 Å². The second kappa shape index (κ2) is 14.1. The maximum atomic E-state index is 13.8. The smallest absolute Gasteiger partial charge is 0.247 e. The fourth-order valence-electron chi connectivity index (χ4n) is 6.51. The van der Waals surface area contributed by atoms with Gasteiger partial charge in [-0.05, 0) is 37.5 Å². The van der Waals surface area contributed by atoms with Crippen LogP contribution in [0.4, 0.5) is 0 Å². The van der Waals surface area contributed by atoms with Gasteiger partial charge in [0.25, 0.3) is 0 Å². The van der Waals surface area contributed by atoms with Gasteiger partial charge in [-0.3, -0.25) is 14.4 Å². The number of fused-ring (bicyclic) bond motifs is 3. The first-order valence-corrected chi connectivity index (χ1v) is 14.9. The zero-order valence-corrected chi connectivity index (χ0v) is 23.8. The molecule has 9 heteroatoms. The number of aliphatic hydroxyl groups excluding tert-OH is 2. The number of methoxy groups -OCH3 is 1. The molecule has 4 rings (SSSR count). The molecule has 2 aliphatic carbocycles. The number of amides is 2. The molecular formula is C31H44N2O7. The monoisotopic (exact) mass is 556 g/mol. The van der Waals surface area contributed by atoms with Gasteiger partial charge in [-0.1, -0.05) is 51.9 Å². The molecule has 1 heterocycles. The normalized spacial score (nSPS) is 23.9. The van der Waals surface area contributed by atoms with Crippen LogP contribution >= 0.6 is 0 Å². The number of hydrogen-bond donors (Lipinski definition) is 3. The highest BCUT2D eigenvalue weighted by atomic mass is 16.5. The van der Waals surface area contributed by atoms with Crippen molar-refractivity contribution in [1.82, 2.24) is 10.2 Å². The van der Waals surface area contributed by atoms with E-state index in [1.807, 2.05) is 4.90 Å². The summed E-state index contributed by atoms with van der Waals surface area (Å²) in [6.45, 7) is 2.00. The fourth-order valence-corrected chi connectivity index (χ4v) is 6.51. The predicted octanol–water partition coefficient (Wildman–Crippen LogP) is 3.65. The molecule has 1 aromatic rings. The van der Waals surface area contributed by atoms with E-state index in [1.54, 1.807) is 18.2 Å². The predicted molar refractivity (Wildman–Crippen MR) is 151 cm³/mol. The molecule has 4 unspecified atom stereocenters. The largest absolute Gasteiger partial charge is 0.493 e.